The molecule has 0 saturated carbocycles. The molecule has 0 saturated heterocycles. The van der Waals surface area contributed by atoms with E-state index in [9.17, 15) is 10.4 Å². The lowest BCUT2D eigenvalue weighted by Crippen LogP contribution is -1.99. The van der Waals surface area contributed by atoms with Crippen LogP contribution in [0.3, 0.4) is 0 Å². The normalized spacial score (nSPS) is 11.5. The van der Waals surface area contributed by atoms with E-state index < -0.39 is 0 Å². The zero-order valence-corrected chi connectivity index (χ0v) is 15.8. The molecule has 6 heteroatoms. The number of para-hydroxylation sites is 2. The van der Waals surface area contributed by atoms with Crippen molar-refractivity contribution >= 4 is 39.7 Å². The molecule has 0 unspecified atom stereocenters. The predicted octanol–water partition coefficient (Wildman–Crippen LogP) is 4.35. The maximum absolute atomic E-state index is 10.0. The number of hydrogen-bond acceptors (Lipinski definition) is 4. The average molecular weight is 445 g/mol. The molecule has 0 aliphatic rings. The average Bonchev–Trinajstić information content (AvgIpc) is 3.02. The summed E-state index contributed by atoms with van der Waals surface area (Å²) in [4.78, 5) is 4.35. The fraction of sp³-hybridized carbons (Fsp3) is 0.158. The number of nitrogens with zero attached hydrogens (tertiary/aromatic N) is 3. The summed E-state index contributed by atoms with van der Waals surface area (Å²) in [5.74, 6) is 0.546. The highest BCUT2D eigenvalue weighted by Crippen LogP contribution is 2.33. The largest absolute Gasteiger partial charge is 0.504 e. The van der Waals surface area contributed by atoms with Crippen LogP contribution in [0.1, 0.15) is 12.5 Å². The SMILES string of the molecule is CCOc1cc(/C=C(/C#N)Cn2cnc3ccccc32)cc(I)c1O. The quantitative estimate of drug-likeness (QED) is 0.468. The van der Waals surface area contributed by atoms with Gasteiger partial charge in [-0.15, -0.1) is 0 Å². The van der Waals surface area contributed by atoms with Gasteiger partial charge >= 0.3 is 0 Å². The number of halogens is 1. The number of hydrogen-bond donors (Lipinski definition) is 1. The molecule has 0 spiro atoms. The second-order valence-electron chi connectivity index (χ2n) is 5.43. The van der Waals surface area contributed by atoms with Gasteiger partial charge in [0.2, 0.25) is 0 Å². The van der Waals surface area contributed by atoms with Gasteiger partial charge in [0.05, 0.1) is 40.2 Å². The standard InChI is InChI=1S/C19H16IN3O2/c1-2-25-18-9-13(8-15(20)19(18)24)7-14(10-21)11-23-12-22-16-5-3-4-6-17(16)23/h3-9,12,24H,2,11H2,1H3/b14-7-. The number of phenols is 1. The molecule has 0 radical (unpaired) electrons. The Morgan fingerprint density at radius 1 is 1.40 bits per heavy atom. The maximum Gasteiger partial charge on any atom is 0.171 e. The highest BCUT2D eigenvalue weighted by atomic mass is 127. The van der Waals surface area contributed by atoms with Crippen LogP contribution >= 0.6 is 22.6 Å². The Hall–Kier alpha value is -2.53. The van der Waals surface area contributed by atoms with Crippen LogP contribution in [0, 0.1) is 14.9 Å². The number of aromatic nitrogens is 2. The molecular weight excluding hydrogens is 429 g/mol. The predicted molar refractivity (Wildman–Crippen MR) is 105 cm³/mol. The molecule has 0 bridgehead atoms. The van der Waals surface area contributed by atoms with Gasteiger partial charge in [0.25, 0.3) is 0 Å². The molecule has 2 aromatic carbocycles. The van der Waals surface area contributed by atoms with Crippen LogP contribution in [0.2, 0.25) is 0 Å². The lowest BCUT2D eigenvalue weighted by atomic mass is 10.1. The van der Waals surface area contributed by atoms with Crippen molar-refractivity contribution in [2.45, 2.75) is 13.5 Å². The van der Waals surface area contributed by atoms with Gasteiger partial charge in [0.1, 0.15) is 0 Å². The summed E-state index contributed by atoms with van der Waals surface area (Å²) in [5, 5.41) is 19.6. The van der Waals surface area contributed by atoms with E-state index in [1.54, 1.807) is 18.5 Å². The molecule has 1 aromatic heterocycles. The molecule has 126 valence electrons. The number of phenolic OH excluding ortho intramolecular Hbond substituents is 1. The van der Waals surface area contributed by atoms with Crippen molar-refractivity contribution in [3.8, 4) is 17.6 Å². The number of aromatic hydroxyl groups is 1. The van der Waals surface area contributed by atoms with Crippen molar-refractivity contribution in [3.63, 3.8) is 0 Å². The number of benzene rings is 2. The number of rotatable bonds is 5. The number of ether oxygens (including phenoxy) is 1. The van der Waals surface area contributed by atoms with Crippen molar-refractivity contribution < 1.29 is 9.84 Å². The van der Waals surface area contributed by atoms with Crippen molar-refractivity contribution in [2.24, 2.45) is 0 Å². The van der Waals surface area contributed by atoms with Crippen molar-refractivity contribution in [2.75, 3.05) is 6.61 Å². The van der Waals surface area contributed by atoms with Crippen LogP contribution in [0.4, 0.5) is 0 Å². The Bertz CT molecular complexity index is 986. The molecule has 5 nitrogen and oxygen atoms in total. The van der Waals surface area contributed by atoms with E-state index >= 15 is 0 Å². The van der Waals surface area contributed by atoms with E-state index in [4.69, 9.17) is 4.74 Å². The first kappa shape index (κ1) is 17.3. The summed E-state index contributed by atoms with van der Waals surface area (Å²) >= 11 is 2.05. The smallest absolute Gasteiger partial charge is 0.171 e. The van der Waals surface area contributed by atoms with E-state index in [1.807, 2.05) is 41.8 Å². The third kappa shape index (κ3) is 3.77. The summed E-state index contributed by atoms with van der Waals surface area (Å²) in [6.07, 6.45) is 3.54. The minimum absolute atomic E-state index is 0.124. The first-order valence-electron chi connectivity index (χ1n) is 7.78. The number of nitriles is 1. The topological polar surface area (TPSA) is 71.1 Å². The molecule has 0 amide bonds. The number of allylic oxidation sites excluding steroid dienone is 1. The minimum atomic E-state index is 0.124. The summed E-state index contributed by atoms with van der Waals surface area (Å²) in [6.45, 7) is 2.75. The Morgan fingerprint density at radius 2 is 2.20 bits per heavy atom. The summed E-state index contributed by atoms with van der Waals surface area (Å²) in [7, 11) is 0. The summed E-state index contributed by atoms with van der Waals surface area (Å²) in [6, 6.07) is 13.6. The molecule has 25 heavy (non-hydrogen) atoms. The molecular formula is C19H16IN3O2. The minimum Gasteiger partial charge on any atom is -0.504 e. The van der Waals surface area contributed by atoms with Crippen LogP contribution < -0.4 is 4.74 Å². The zero-order valence-electron chi connectivity index (χ0n) is 13.6. The van der Waals surface area contributed by atoms with E-state index in [0.29, 0.717) is 28.0 Å². The van der Waals surface area contributed by atoms with Gasteiger partial charge < -0.3 is 14.4 Å². The van der Waals surface area contributed by atoms with Crippen LogP contribution in [0.25, 0.3) is 17.1 Å². The first-order valence-corrected chi connectivity index (χ1v) is 8.86. The highest BCUT2D eigenvalue weighted by molar-refractivity contribution is 14.1. The van der Waals surface area contributed by atoms with Crippen LogP contribution in [0.5, 0.6) is 11.5 Å². The van der Waals surface area contributed by atoms with E-state index in [0.717, 1.165) is 16.6 Å². The second kappa shape index (κ2) is 7.57. The number of fused-ring (bicyclic) bond motifs is 1. The Kier molecular flexibility index (Phi) is 5.24. The summed E-state index contributed by atoms with van der Waals surface area (Å²) in [5.41, 5.74) is 3.29. The van der Waals surface area contributed by atoms with Gasteiger partial charge in [0, 0.05) is 5.57 Å². The molecule has 1 heterocycles. The van der Waals surface area contributed by atoms with Gasteiger partial charge in [-0.3, -0.25) is 0 Å². The third-order valence-corrected chi connectivity index (χ3v) is 4.53. The van der Waals surface area contributed by atoms with Crippen LogP contribution in [0.15, 0.2) is 48.3 Å². The molecule has 3 rings (SSSR count). The lowest BCUT2D eigenvalue weighted by Gasteiger charge is -2.09. The molecule has 1 N–H and O–H groups in total. The van der Waals surface area contributed by atoms with Crippen LogP contribution in [-0.2, 0) is 6.54 Å². The summed E-state index contributed by atoms with van der Waals surface area (Å²) < 4.78 is 8.08. The van der Waals surface area contributed by atoms with Crippen molar-refractivity contribution in [3.05, 3.63) is 57.4 Å². The highest BCUT2D eigenvalue weighted by Gasteiger charge is 2.10. The first-order chi connectivity index (χ1) is 12.1. The van der Waals surface area contributed by atoms with Crippen molar-refractivity contribution in [1.82, 2.24) is 9.55 Å². The molecule has 0 aliphatic carbocycles. The monoisotopic (exact) mass is 445 g/mol. The van der Waals surface area contributed by atoms with Gasteiger partial charge in [0.15, 0.2) is 11.5 Å². The molecule has 0 fully saturated rings. The lowest BCUT2D eigenvalue weighted by molar-refractivity contribution is 0.317. The maximum atomic E-state index is 10.0. The van der Waals surface area contributed by atoms with Gasteiger partial charge in [-0.05, 0) is 65.4 Å². The Labute approximate surface area is 159 Å². The molecule has 3 aromatic rings. The molecule has 0 aliphatic heterocycles. The van der Waals surface area contributed by atoms with Gasteiger partial charge in [-0.25, -0.2) is 4.98 Å². The fourth-order valence-corrected chi connectivity index (χ4v) is 3.20. The van der Waals surface area contributed by atoms with Gasteiger partial charge in [-0.2, -0.15) is 5.26 Å². The zero-order chi connectivity index (χ0) is 17.8. The van der Waals surface area contributed by atoms with E-state index in [-0.39, 0.29) is 5.75 Å². The number of imidazole rings is 1. The van der Waals surface area contributed by atoms with Crippen LogP contribution in [-0.4, -0.2) is 21.3 Å². The Morgan fingerprint density at radius 3 is 2.96 bits per heavy atom. The van der Waals surface area contributed by atoms with E-state index in [1.165, 1.54) is 0 Å². The van der Waals surface area contributed by atoms with Crippen molar-refractivity contribution in [1.29, 1.82) is 5.26 Å². The third-order valence-electron chi connectivity index (χ3n) is 3.70. The second-order valence-corrected chi connectivity index (χ2v) is 6.59. The fourth-order valence-electron chi connectivity index (χ4n) is 2.58. The molecule has 0 atom stereocenters. The Balaban J connectivity index is 1.94. The van der Waals surface area contributed by atoms with E-state index in [2.05, 4.69) is 33.6 Å². The van der Waals surface area contributed by atoms with Gasteiger partial charge in [-0.1, -0.05) is 12.1 Å².